The van der Waals surface area contributed by atoms with Crippen LogP contribution in [-0.4, -0.2) is 49.8 Å². The van der Waals surface area contributed by atoms with Crippen molar-refractivity contribution < 1.29 is 4.74 Å². The van der Waals surface area contributed by atoms with Gasteiger partial charge in [0.15, 0.2) is 0 Å². The maximum absolute atomic E-state index is 5.22. The highest BCUT2D eigenvalue weighted by Crippen LogP contribution is 2.17. The first-order chi connectivity index (χ1) is 6.75. The Morgan fingerprint density at radius 1 is 1.43 bits per heavy atom. The standard InChI is InChI=1S/C11H22N2O/c1-9(2)5-12-10-3-4-13(6-10)11-7-14-8-11/h9-12H,3-8H2,1-2H3/t10-/m1/s1. The van der Waals surface area contributed by atoms with Crippen LogP contribution >= 0.6 is 0 Å². The predicted octanol–water partition coefficient (Wildman–Crippen LogP) is 0.705. The van der Waals surface area contributed by atoms with Gasteiger partial charge in [0.2, 0.25) is 0 Å². The number of hydrogen-bond acceptors (Lipinski definition) is 3. The molecule has 0 aromatic carbocycles. The van der Waals surface area contributed by atoms with Crippen molar-refractivity contribution in [2.45, 2.75) is 32.4 Å². The maximum Gasteiger partial charge on any atom is 0.0645 e. The minimum atomic E-state index is 0.720. The van der Waals surface area contributed by atoms with Crippen LogP contribution in [-0.2, 0) is 4.74 Å². The van der Waals surface area contributed by atoms with E-state index in [4.69, 9.17) is 4.74 Å². The molecule has 0 aliphatic carbocycles. The molecule has 0 aromatic rings. The maximum atomic E-state index is 5.22. The average molecular weight is 198 g/mol. The highest BCUT2D eigenvalue weighted by atomic mass is 16.5. The molecule has 0 radical (unpaired) electrons. The van der Waals surface area contributed by atoms with Gasteiger partial charge in [0.25, 0.3) is 0 Å². The molecule has 0 bridgehead atoms. The smallest absolute Gasteiger partial charge is 0.0645 e. The summed E-state index contributed by atoms with van der Waals surface area (Å²) in [6.07, 6.45) is 1.31. The lowest BCUT2D eigenvalue weighted by molar-refractivity contribution is -0.0575. The molecular formula is C11H22N2O. The van der Waals surface area contributed by atoms with Gasteiger partial charge in [-0.1, -0.05) is 13.8 Å². The average Bonchev–Trinajstić information content (AvgIpc) is 2.46. The van der Waals surface area contributed by atoms with E-state index in [1.54, 1.807) is 0 Å². The second-order valence-corrected chi connectivity index (χ2v) is 4.97. The van der Waals surface area contributed by atoms with Crippen LogP contribution in [0.5, 0.6) is 0 Å². The monoisotopic (exact) mass is 198 g/mol. The lowest BCUT2D eigenvalue weighted by atomic mass is 10.2. The molecule has 0 spiro atoms. The zero-order valence-electron chi connectivity index (χ0n) is 9.33. The lowest BCUT2D eigenvalue weighted by Crippen LogP contribution is -2.49. The Labute approximate surface area is 86.8 Å². The van der Waals surface area contributed by atoms with Gasteiger partial charge in [-0.05, 0) is 18.9 Å². The topological polar surface area (TPSA) is 24.5 Å². The Balaban J connectivity index is 1.66. The quantitative estimate of drug-likeness (QED) is 0.720. The van der Waals surface area contributed by atoms with E-state index in [1.165, 1.54) is 19.5 Å². The van der Waals surface area contributed by atoms with Crippen LogP contribution in [0.15, 0.2) is 0 Å². The molecule has 2 heterocycles. The molecule has 2 saturated heterocycles. The minimum Gasteiger partial charge on any atom is -0.378 e. The molecule has 14 heavy (non-hydrogen) atoms. The molecule has 2 aliphatic rings. The summed E-state index contributed by atoms with van der Waals surface area (Å²) in [5.41, 5.74) is 0. The molecule has 82 valence electrons. The van der Waals surface area contributed by atoms with Gasteiger partial charge in [-0.15, -0.1) is 0 Å². The Morgan fingerprint density at radius 3 is 2.79 bits per heavy atom. The minimum absolute atomic E-state index is 0.720. The van der Waals surface area contributed by atoms with E-state index < -0.39 is 0 Å². The second kappa shape index (κ2) is 4.60. The molecule has 1 N–H and O–H groups in total. The predicted molar refractivity (Wildman–Crippen MR) is 57.4 cm³/mol. The fraction of sp³-hybridized carbons (Fsp3) is 1.00. The van der Waals surface area contributed by atoms with Gasteiger partial charge < -0.3 is 10.1 Å². The summed E-state index contributed by atoms with van der Waals surface area (Å²) >= 11 is 0. The van der Waals surface area contributed by atoms with Crippen LogP contribution in [0.1, 0.15) is 20.3 Å². The third kappa shape index (κ3) is 2.47. The SMILES string of the molecule is CC(C)CN[C@@H]1CCN(C2COC2)C1. The first kappa shape index (κ1) is 10.4. The van der Waals surface area contributed by atoms with E-state index in [-0.39, 0.29) is 0 Å². The summed E-state index contributed by atoms with van der Waals surface area (Å²) in [5, 5.41) is 3.63. The van der Waals surface area contributed by atoms with Crippen molar-refractivity contribution in [2.75, 3.05) is 32.8 Å². The van der Waals surface area contributed by atoms with Gasteiger partial charge in [0.1, 0.15) is 0 Å². The van der Waals surface area contributed by atoms with Crippen molar-refractivity contribution in [3.63, 3.8) is 0 Å². The Morgan fingerprint density at radius 2 is 2.21 bits per heavy atom. The molecule has 0 unspecified atom stereocenters. The number of ether oxygens (including phenoxy) is 1. The van der Waals surface area contributed by atoms with Crippen LogP contribution in [0.4, 0.5) is 0 Å². The van der Waals surface area contributed by atoms with Gasteiger partial charge >= 0.3 is 0 Å². The summed E-state index contributed by atoms with van der Waals surface area (Å²) < 4.78 is 5.22. The first-order valence-corrected chi connectivity index (χ1v) is 5.81. The zero-order valence-corrected chi connectivity index (χ0v) is 9.33. The summed E-state index contributed by atoms with van der Waals surface area (Å²) in [7, 11) is 0. The fourth-order valence-corrected chi connectivity index (χ4v) is 2.12. The van der Waals surface area contributed by atoms with Crippen molar-refractivity contribution >= 4 is 0 Å². The summed E-state index contributed by atoms with van der Waals surface area (Å²) in [6, 6.07) is 1.44. The number of hydrogen-bond donors (Lipinski definition) is 1. The highest BCUT2D eigenvalue weighted by Gasteiger charge is 2.31. The van der Waals surface area contributed by atoms with Crippen molar-refractivity contribution in [3.05, 3.63) is 0 Å². The van der Waals surface area contributed by atoms with Crippen molar-refractivity contribution in [1.82, 2.24) is 10.2 Å². The molecule has 0 amide bonds. The normalized spacial score (nSPS) is 29.8. The molecule has 2 rings (SSSR count). The van der Waals surface area contributed by atoms with Crippen LogP contribution in [0.25, 0.3) is 0 Å². The third-order valence-electron chi connectivity index (χ3n) is 3.17. The molecule has 0 saturated carbocycles. The summed E-state index contributed by atoms with van der Waals surface area (Å²) in [6.45, 7) is 10.1. The van der Waals surface area contributed by atoms with Crippen LogP contribution in [0.2, 0.25) is 0 Å². The Hall–Kier alpha value is -0.120. The van der Waals surface area contributed by atoms with Gasteiger partial charge in [0.05, 0.1) is 19.3 Å². The first-order valence-electron chi connectivity index (χ1n) is 5.81. The number of nitrogens with zero attached hydrogens (tertiary/aromatic N) is 1. The van der Waals surface area contributed by atoms with E-state index in [2.05, 4.69) is 24.1 Å². The van der Waals surface area contributed by atoms with Gasteiger partial charge in [-0.3, -0.25) is 4.90 Å². The molecule has 3 nitrogen and oxygen atoms in total. The van der Waals surface area contributed by atoms with E-state index in [9.17, 15) is 0 Å². The molecule has 1 atom stereocenters. The fourth-order valence-electron chi connectivity index (χ4n) is 2.12. The largest absolute Gasteiger partial charge is 0.378 e. The number of rotatable bonds is 4. The van der Waals surface area contributed by atoms with Crippen LogP contribution in [0, 0.1) is 5.92 Å². The molecular weight excluding hydrogens is 176 g/mol. The van der Waals surface area contributed by atoms with Crippen LogP contribution < -0.4 is 5.32 Å². The van der Waals surface area contributed by atoms with E-state index in [0.717, 1.165) is 37.8 Å². The van der Waals surface area contributed by atoms with Crippen molar-refractivity contribution in [1.29, 1.82) is 0 Å². The molecule has 2 fully saturated rings. The zero-order chi connectivity index (χ0) is 9.97. The van der Waals surface area contributed by atoms with Crippen molar-refractivity contribution in [3.8, 4) is 0 Å². The summed E-state index contributed by atoms with van der Waals surface area (Å²) in [5.74, 6) is 0.760. The number of likely N-dealkylation sites (tertiary alicyclic amines) is 1. The van der Waals surface area contributed by atoms with Gasteiger partial charge in [0, 0.05) is 19.1 Å². The van der Waals surface area contributed by atoms with Crippen LogP contribution in [0.3, 0.4) is 0 Å². The number of nitrogens with one attached hydrogen (secondary N) is 1. The summed E-state index contributed by atoms with van der Waals surface area (Å²) in [4.78, 5) is 2.57. The molecule has 3 heteroatoms. The van der Waals surface area contributed by atoms with Crippen molar-refractivity contribution in [2.24, 2.45) is 5.92 Å². The van der Waals surface area contributed by atoms with E-state index in [0.29, 0.717) is 0 Å². The molecule has 2 aliphatic heterocycles. The lowest BCUT2D eigenvalue weighted by Gasteiger charge is -2.34. The van der Waals surface area contributed by atoms with E-state index >= 15 is 0 Å². The Kier molecular flexibility index (Phi) is 3.42. The highest BCUT2D eigenvalue weighted by molar-refractivity contribution is 4.87. The molecule has 0 aromatic heterocycles. The van der Waals surface area contributed by atoms with Gasteiger partial charge in [-0.2, -0.15) is 0 Å². The Bertz CT molecular complexity index is 180. The second-order valence-electron chi connectivity index (χ2n) is 4.97. The van der Waals surface area contributed by atoms with Gasteiger partial charge in [-0.25, -0.2) is 0 Å². The van der Waals surface area contributed by atoms with E-state index in [1.807, 2.05) is 0 Å². The third-order valence-corrected chi connectivity index (χ3v) is 3.17.